The van der Waals surface area contributed by atoms with Crippen molar-refractivity contribution in [3.8, 4) is 0 Å². The van der Waals surface area contributed by atoms with Crippen LogP contribution in [0.3, 0.4) is 0 Å². The molecule has 100 valence electrons. The van der Waals surface area contributed by atoms with Crippen molar-refractivity contribution in [2.45, 2.75) is 31.2 Å². The third-order valence-corrected chi connectivity index (χ3v) is 5.36. The van der Waals surface area contributed by atoms with E-state index in [-0.39, 0.29) is 11.9 Å². The van der Waals surface area contributed by atoms with Gasteiger partial charge < -0.3 is 10.6 Å². The fraction of sp³-hybridized carbons (Fsp3) is 0.900. The van der Waals surface area contributed by atoms with Gasteiger partial charge in [0.1, 0.15) is 5.37 Å². The standard InChI is InChI=1S/C10H20N2O3S2/c1-8(11)3-4-9(13)12-5-6-16-7-10(12)17(2,14)15/h8,10H,3-7,11H2,1-2H3. The van der Waals surface area contributed by atoms with Crippen molar-refractivity contribution in [3.05, 3.63) is 0 Å². The van der Waals surface area contributed by atoms with Crippen LogP contribution in [-0.2, 0) is 14.6 Å². The summed E-state index contributed by atoms with van der Waals surface area (Å²) >= 11 is 1.58. The van der Waals surface area contributed by atoms with Crippen LogP contribution in [0.2, 0.25) is 0 Å². The number of amides is 1. The van der Waals surface area contributed by atoms with Crippen LogP contribution in [0.4, 0.5) is 0 Å². The van der Waals surface area contributed by atoms with E-state index < -0.39 is 15.2 Å². The topological polar surface area (TPSA) is 80.5 Å². The van der Waals surface area contributed by atoms with Crippen molar-refractivity contribution in [2.75, 3.05) is 24.3 Å². The first-order valence-electron chi connectivity index (χ1n) is 5.64. The molecule has 0 spiro atoms. The Kier molecular flexibility index (Phi) is 5.27. The van der Waals surface area contributed by atoms with Gasteiger partial charge in [-0.05, 0) is 13.3 Å². The molecule has 1 aliphatic rings. The summed E-state index contributed by atoms with van der Waals surface area (Å²) in [4.78, 5) is 13.5. The van der Waals surface area contributed by atoms with Crippen LogP contribution in [0, 0.1) is 0 Å². The van der Waals surface area contributed by atoms with E-state index in [1.54, 1.807) is 11.8 Å². The Hall–Kier alpha value is -0.270. The molecule has 0 aromatic rings. The SMILES string of the molecule is CC(N)CCC(=O)N1CCSCC1S(C)(=O)=O. The maximum absolute atomic E-state index is 12.0. The third-order valence-electron chi connectivity index (χ3n) is 2.71. The molecule has 17 heavy (non-hydrogen) atoms. The van der Waals surface area contributed by atoms with E-state index in [4.69, 9.17) is 5.73 Å². The Labute approximate surface area is 107 Å². The van der Waals surface area contributed by atoms with E-state index >= 15 is 0 Å². The Morgan fingerprint density at radius 2 is 2.24 bits per heavy atom. The fourth-order valence-electron chi connectivity index (χ4n) is 1.72. The number of carbonyl (C=O) groups excluding carboxylic acids is 1. The molecule has 0 aliphatic carbocycles. The molecule has 1 heterocycles. The van der Waals surface area contributed by atoms with Gasteiger partial charge in [-0.2, -0.15) is 11.8 Å². The van der Waals surface area contributed by atoms with Crippen LogP contribution in [0.5, 0.6) is 0 Å². The molecule has 7 heteroatoms. The summed E-state index contributed by atoms with van der Waals surface area (Å²) in [5.74, 6) is 1.18. The number of nitrogens with zero attached hydrogens (tertiary/aromatic N) is 1. The number of hydrogen-bond donors (Lipinski definition) is 1. The lowest BCUT2D eigenvalue weighted by molar-refractivity contribution is -0.131. The number of nitrogens with two attached hydrogens (primary N) is 1. The Balaban J connectivity index is 2.68. The van der Waals surface area contributed by atoms with E-state index in [1.165, 1.54) is 11.2 Å². The summed E-state index contributed by atoms with van der Waals surface area (Å²) in [5, 5.41) is -0.665. The zero-order valence-corrected chi connectivity index (χ0v) is 11.9. The maximum atomic E-state index is 12.0. The highest BCUT2D eigenvalue weighted by Crippen LogP contribution is 2.21. The van der Waals surface area contributed by atoms with Gasteiger partial charge >= 0.3 is 0 Å². The lowest BCUT2D eigenvalue weighted by Gasteiger charge is -2.34. The van der Waals surface area contributed by atoms with Gasteiger partial charge in [-0.25, -0.2) is 8.42 Å². The normalized spacial score (nSPS) is 23.5. The number of carbonyl (C=O) groups is 1. The summed E-state index contributed by atoms with van der Waals surface area (Å²) in [5.41, 5.74) is 5.60. The predicted molar refractivity (Wildman–Crippen MR) is 70.6 cm³/mol. The maximum Gasteiger partial charge on any atom is 0.223 e. The highest BCUT2D eigenvalue weighted by molar-refractivity contribution is 8.00. The Morgan fingerprint density at radius 1 is 1.59 bits per heavy atom. The largest absolute Gasteiger partial charge is 0.328 e. The van der Waals surface area contributed by atoms with Gasteiger partial charge in [-0.15, -0.1) is 0 Å². The van der Waals surface area contributed by atoms with Crippen molar-refractivity contribution in [2.24, 2.45) is 5.73 Å². The highest BCUT2D eigenvalue weighted by Gasteiger charge is 2.33. The summed E-state index contributed by atoms with van der Waals surface area (Å²) in [6, 6.07) is -0.0326. The van der Waals surface area contributed by atoms with Crippen LogP contribution in [0.15, 0.2) is 0 Å². The average molecular weight is 280 g/mol. The summed E-state index contributed by atoms with van der Waals surface area (Å²) < 4.78 is 23.2. The highest BCUT2D eigenvalue weighted by atomic mass is 32.2. The molecular formula is C10H20N2O3S2. The summed E-state index contributed by atoms with van der Waals surface area (Å²) in [6.07, 6.45) is 2.11. The van der Waals surface area contributed by atoms with Gasteiger partial charge in [-0.3, -0.25) is 4.79 Å². The molecule has 2 N–H and O–H groups in total. The minimum atomic E-state index is -3.21. The number of hydrogen-bond acceptors (Lipinski definition) is 5. The molecule has 0 radical (unpaired) electrons. The molecule has 1 aliphatic heterocycles. The first-order chi connectivity index (χ1) is 7.82. The third kappa shape index (κ3) is 4.48. The quantitative estimate of drug-likeness (QED) is 0.787. The smallest absolute Gasteiger partial charge is 0.223 e. The summed E-state index contributed by atoms with van der Waals surface area (Å²) in [7, 11) is -3.21. The van der Waals surface area contributed by atoms with Crippen molar-refractivity contribution >= 4 is 27.5 Å². The molecule has 0 bridgehead atoms. The van der Waals surface area contributed by atoms with E-state index in [9.17, 15) is 13.2 Å². The van der Waals surface area contributed by atoms with Crippen molar-refractivity contribution in [3.63, 3.8) is 0 Å². The second kappa shape index (κ2) is 6.06. The average Bonchev–Trinajstić information content (AvgIpc) is 2.24. The minimum Gasteiger partial charge on any atom is -0.328 e. The lowest BCUT2D eigenvalue weighted by atomic mass is 10.2. The number of thioether (sulfide) groups is 1. The molecule has 5 nitrogen and oxygen atoms in total. The van der Waals surface area contributed by atoms with Gasteiger partial charge in [0.05, 0.1) is 0 Å². The van der Waals surface area contributed by atoms with Crippen LogP contribution in [0.25, 0.3) is 0 Å². The van der Waals surface area contributed by atoms with E-state index in [0.29, 0.717) is 25.1 Å². The van der Waals surface area contributed by atoms with Gasteiger partial charge in [-0.1, -0.05) is 0 Å². The zero-order chi connectivity index (χ0) is 13.1. The van der Waals surface area contributed by atoms with E-state index in [2.05, 4.69) is 0 Å². The molecule has 0 saturated carbocycles. The van der Waals surface area contributed by atoms with E-state index in [0.717, 1.165) is 5.75 Å². The molecule has 1 amide bonds. The zero-order valence-electron chi connectivity index (χ0n) is 10.3. The van der Waals surface area contributed by atoms with Gasteiger partial charge in [0, 0.05) is 36.8 Å². The molecule has 2 atom stereocenters. The second-order valence-corrected chi connectivity index (χ2v) is 7.82. The van der Waals surface area contributed by atoms with Crippen molar-refractivity contribution in [1.82, 2.24) is 4.90 Å². The Morgan fingerprint density at radius 3 is 2.76 bits per heavy atom. The summed E-state index contributed by atoms with van der Waals surface area (Å²) in [6.45, 7) is 2.35. The molecule has 0 aromatic carbocycles. The van der Waals surface area contributed by atoms with Gasteiger partial charge in [0.25, 0.3) is 0 Å². The van der Waals surface area contributed by atoms with E-state index in [1.807, 2.05) is 6.92 Å². The van der Waals surface area contributed by atoms with Crippen LogP contribution in [0.1, 0.15) is 19.8 Å². The van der Waals surface area contributed by atoms with Crippen molar-refractivity contribution in [1.29, 1.82) is 0 Å². The minimum absolute atomic E-state index is 0.0326. The molecule has 1 saturated heterocycles. The van der Waals surface area contributed by atoms with Crippen LogP contribution >= 0.6 is 11.8 Å². The predicted octanol–water partition coefficient (Wildman–Crippen LogP) is 0.0599. The number of rotatable bonds is 4. The number of sulfone groups is 1. The first kappa shape index (κ1) is 14.8. The first-order valence-corrected chi connectivity index (χ1v) is 8.75. The molecule has 1 rings (SSSR count). The fourth-order valence-corrected chi connectivity index (χ4v) is 4.55. The van der Waals surface area contributed by atoms with Crippen molar-refractivity contribution < 1.29 is 13.2 Å². The molecular weight excluding hydrogens is 260 g/mol. The second-order valence-electron chi connectivity index (χ2n) is 4.46. The molecule has 0 aromatic heterocycles. The van der Waals surface area contributed by atoms with Gasteiger partial charge in [0.15, 0.2) is 9.84 Å². The van der Waals surface area contributed by atoms with Crippen LogP contribution < -0.4 is 5.73 Å². The Bertz CT molecular complexity index is 368. The van der Waals surface area contributed by atoms with Gasteiger partial charge in [0.2, 0.25) is 5.91 Å². The van der Waals surface area contributed by atoms with Crippen LogP contribution in [-0.4, -0.2) is 54.9 Å². The molecule has 1 fully saturated rings. The monoisotopic (exact) mass is 280 g/mol. The molecule has 2 unspecified atom stereocenters. The lowest BCUT2D eigenvalue weighted by Crippen LogP contribution is -2.50.